The first kappa shape index (κ1) is 8.07. The van der Waals surface area contributed by atoms with E-state index in [1.54, 1.807) is 0 Å². The Labute approximate surface area is 62.5 Å². The zero-order valence-corrected chi connectivity index (χ0v) is 5.67. The van der Waals surface area contributed by atoms with Crippen molar-refractivity contribution in [2.45, 2.75) is 13.0 Å². The van der Waals surface area contributed by atoms with Crippen molar-refractivity contribution in [1.82, 2.24) is 4.98 Å². The van der Waals surface area contributed by atoms with Crippen LogP contribution in [0.3, 0.4) is 0 Å². The lowest BCUT2D eigenvalue weighted by Gasteiger charge is -2.03. The van der Waals surface area contributed by atoms with Gasteiger partial charge in [-0.1, -0.05) is 0 Å². The van der Waals surface area contributed by atoms with Gasteiger partial charge in [0.05, 0.1) is 6.61 Å². The first-order valence-electron chi connectivity index (χ1n) is 3.07. The summed E-state index contributed by atoms with van der Waals surface area (Å²) >= 11 is 0. The highest BCUT2D eigenvalue weighted by Gasteiger charge is 2.10. The van der Waals surface area contributed by atoms with Crippen LogP contribution >= 0.6 is 0 Å². The molecule has 0 radical (unpaired) electrons. The highest BCUT2D eigenvalue weighted by atomic mass is 19.3. The fraction of sp³-hybridized carbons (Fsp3) is 0.286. The molecule has 1 aromatic rings. The van der Waals surface area contributed by atoms with E-state index >= 15 is 0 Å². The minimum atomic E-state index is -2.54. The van der Waals surface area contributed by atoms with E-state index in [9.17, 15) is 8.78 Å². The van der Waals surface area contributed by atoms with E-state index in [1.165, 1.54) is 18.5 Å². The van der Waals surface area contributed by atoms with Gasteiger partial charge in [-0.15, -0.1) is 0 Å². The van der Waals surface area contributed by atoms with Crippen molar-refractivity contribution in [1.29, 1.82) is 0 Å². The molecule has 2 nitrogen and oxygen atoms in total. The van der Waals surface area contributed by atoms with Gasteiger partial charge in [0.25, 0.3) is 6.43 Å². The predicted molar refractivity (Wildman–Crippen MR) is 35.1 cm³/mol. The molecule has 0 aromatic carbocycles. The second-order valence-electron chi connectivity index (χ2n) is 2.03. The number of halogens is 2. The number of rotatable bonds is 2. The summed E-state index contributed by atoms with van der Waals surface area (Å²) in [5, 5.41) is 8.59. The van der Waals surface area contributed by atoms with Crippen LogP contribution in [0, 0.1) is 0 Å². The quantitative estimate of drug-likeness (QED) is 0.709. The Morgan fingerprint density at radius 1 is 1.55 bits per heavy atom. The number of hydrogen-bond acceptors (Lipinski definition) is 2. The zero-order valence-electron chi connectivity index (χ0n) is 5.67. The third kappa shape index (κ3) is 1.71. The summed E-state index contributed by atoms with van der Waals surface area (Å²) in [5.74, 6) is 0. The summed E-state index contributed by atoms with van der Waals surface area (Å²) in [6.07, 6.45) is -0.0255. The molecule has 0 saturated carbocycles. The van der Waals surface area contributed by atoms with Gasteiger partial charge in [-0.2, -0.15) is 0 Å². The van der Waals surface area contributed by atoms with Gasteiger partial charge < -0.3 is 5.11 Å². The first-order chi connectivity index (χ1) is 5.25. The highest BCUT2D eigenvalue weighted by molar-refractivity contribution is 5.23. The van der Waals surface area contributed by atoms with Gasteiger partial charge in [0.2, 0.25) is 0 Å². The molecule has 1 heterocycles. The van der Waals surface area contributed by atoms with Crippen LogP contribution in [0.15, 0.2) is 18.5 Å². The van der Waals surface area contributed by atoms with E-state index in [-0.39, 0.29) is 11.1 Å². The number of pyridine rings is 1. The molecule has 0 saturated heterocycles. The van der Waals surface area contributed by atoms with Gasteiger partial charge in [-0.05, 0) is 6.07 Å². The normalized spacial score (nSPS) is 10.5. The number of hydrogen-bond donors (Lipinski definition) is 1. The second-order valence-corrected chi connectivity index (χ2v) is 2.03. The van der Waals surface area contributed by atoms with E-state index in [0.29, 0.717) is 0 Å². The summed E-state index contributed by atoms with van der Waals surface area (Å²) in [5.41, 5.74) is 0.0324. The molecule has 0 aliphatic heterocycles. The molecule has 60 valence electrons. The van der Waals surface area contributed by atoms with E-state index in [2.05, 4.69) is 4.98 Å². The van der Waals surface area contributed by atoms with Crippen molar-refractivity contribution < 1.29 is 13.9 Å². The second kappa shape index (κ2) is 3.39. The average Bonchev–Trinajstić information content (AvgIpc) is 2.04. The molecule has 1 aromatic heterocycles. The lowest BCUT2D eigenvalue weighted by Crippen LogP contribution is -1.94. The molecule has 0 aliphatic carbocycles. The van der Waals surface area contributed by atoms with Crippen LogP contribution in [-0.2, 0) is 6.61 Å². The maximum atomic E-state index is 12.1. The molecule has 0 bridgehead atoms. The maximum Gasteiger partial charge on any atom is 0.264 e. The largest absolute Gasteiger partial charge is 0.392 e. The SMILES string of the molecule is OCc1cnccc1C(F)F. The van der Waals surface area contributed by atoms with E-state index in [0.717, 1.165) is 0 Å². The lowest BCUT2D eigenvalue weighted by molar-refractivity contribution is 0.147. The molecule has 0 spiro atoms. The van der Waals surface area contributed by atoms with Gasteiger partial charge in [-0.3, -0.25) is 4.98 Å². The van der Waals surface area contributed by atoms with Gasteiger partial charge in [0.1, 0.15) is 0 Å². The van der Waals surface area contributed by atoms with Crippen molar-refractivity contribution in [2.75, 3.05) is 0 Å². The monoisotopic (exact) mass is 159 g/mol. The lowest BCUT2D eigenvalue weighted by atomic mass is 10.1. The maximum absolute atomic E-state index is 12.1. The first-order valence-corrected chi connectivity index (χ1v) is 3.07. The van der Waals surface area contributed by atoms with Crippen LogP contribution in [0.25, 0.3) is 0 Å². The molecular formula is C7H7F2NO. The summed E-state index contributed by atoms with van der Waals surface area (Å²) in [7, 11) is 0. The number of aromatic nitrogens is 1. The van der Waals surface area contributed by atoms with Crippen LogP contribution in [-0.4, -0.2) is 10.1 Å². The summed E-state index contributed by atoms with van der Waals surface area (Å²) in [6, 6.07) is 1.20. The molecule has 0 fully saturated rings. The van der Waals surface area contributed by atoms with Crippen LogP contribution in [0.2, 0.25) is 0 Å². The van der Waals surface area contributed by atoms with Gasteiger partial charge in [0, 0.05) is 23.5 Å². The van der Waals surface area contributed by atoms with Crippen molar-refractivity contribution >= 4 is 0 Å². The summed E-state index contributed by atoms with van der Waals surface area (Å²) in [6.45, 7) is -0.395. The molecule has 0 atom stereocenters. The fourth-order valence-corrected chi connectivity index (χ4v) is 0.783. The Bertz CT molecular complexity index is 240. The van der Waals surface area contributed by atoms with E-state index in [4.69, 9.17) is 5.11 Å². The molecule has 11 heavy (non-hydrogen) atoms. The molecule has 4 heteroatoms. The van der Waals surface area contributed by atoms with Gasteiger partial charge >= 0.3 is 0 Å². The minimum Gasteiger partial charge on any atom is -0.392 e. The number of nitrogens with zero attached hydrogens (tertiary/aromatic N) is 1. The Balaban J connectivity index is 3.02. The number of aliphatic hydroxyl groups is 1. The van der Waals surface area contributed by atoms with Crippen LogP contribution in [0.1, 0.15) is 17.6 Å². The van der Waals surface area contributed by atoms with Gasteiger partial charge in [0.15, 0.2) is 0 Å². The van der Waals surface area contributed by atoms with Crippen LogP contribution in [0.4, 0.5) is 8.78 Å². The minimum absolute atomic E-state index is 0.150. The zero-order chi connectivity index (χ0) is 8.27. The average molecular weight is 159 g/mol. The van der Waals surface area contributed by atoms with Crippen molar-refractivity contribution in [3.8, 4) is 0 Å². The van der Waals surface area contributed by atoms with Crippen molar-refractivity contribution in [2.24, 2.45) is 0 Å². The molecule has 0 amide bonds. The van der Waals surface area contributed by atoms with E-state index in [1.807, 2.05) is 0 Å². The molecule has 1 rings (SSSR count). The van der Waals surface area contributed by atoms with Gasteiger partial charge in [-0.25, -0.2) is 8.78 Å². The van der Waals surface area contributed by atoms with E-state index < -0.39 is 13.0 Å². The molecule has 0 aliphatic rings. The fourth-order valence-electron chi connectivity index (χ4n) is 0.783. The summed E-state index contributed by atoms with van der Waals surface area (Å²) < 4.78 is 24.2. The standard InChI is InChI=1S/C7H7F2NO/c8-7(9)6-1-2-10-3-5(6)4-11/h1-3,7,11H,4H2. The number of alkyl halides is 2. The number of aliphatic hydroxyl groups excluding tert-OH is 1. The highest BCUT2D eigenvalue weighted by Crippen LogP contribution is 2.21. The van der Waals surface area contributed by atoms with Crippen LogP contribution in [0.5, 0.6) is 0 Å². The molecule has 0 unspecified atom stereocenters. The predicted octanol–water partition coefficient (Wildman–Crippen LogP) is 1.51. The smallest absolute Gasteiger partial charge is 0.264 e. The van der Waals surface area contributed by atoms with Crippen molar-refractivity contribution in [3.63, 3.8) is 0 Å². The molecular weight excluding hydrogens is 152 g/mol. The Hall–Kier alpha value is -1.03. The van der Waals surface area contributed by atoms with Crippen LogP contribution < -0.4 is 0 Å². The Morgan fingerprint density at radius 2 is 2.27 bits per heavy atom. The summed E-state index contributed by atoms with van der Waals surface area (Å²) in [4.78, 5) is 3.61. The topological polar surface area (TPSA) is 33.1 Å². The molecule has 1 N–H and O–H groups in total. The Morgan fingerprint density at radius 3 is 2.73 bits per heavy atom. The Kier molecular flexibility index (Phi) is 2.48. The van der Waals surface area contributed by atoms with Crippen molar-refractivity contribution in [3.05, 3.63) is 29.6 Å². The third-order valence-electron chi connectivity index (χ3n) is 1.35. The third-order valence-corrected chi connectivity index (χ3v) is 1.35.